The second-order valence-electron chi connectivity index (χ2n) is 6.05. The molecule has 0 saturated heterocycles. The third kappa shape index (κ3) is 5.65. The predicted molar refractivity (Wildman–Crippen MR) is 113 cm³/mol. The van der Waals surface area contributed by atoms with Crippen molar-refractivity contribution in [2.24, 2.45) is 5.10 Å². The van der Waals surface area contributed by atoms with Crippen molar-refractivity contribution in [2.45, 2.75) is 6.61 Å². The minimum Gasteiger partial charge on any atom is -0.488 e. The molecule has 0 aliphatic heterocycles. The molecule has 3 aromatic rings. The molecule has 0 aromatic heterocycles. The first-order chi connectivity index (χ1) is 14.5. The van der Waals surface area contributed by atoms with Crippen LogP contribution in [-0.4, -0.2) is 18.0 Å². The molecule has 0 aliphatic carbocycles. The molecule has 2 N–H and O–H groups in total. The first kappa shape index (κ1) is 21.0. The lowest BCUT2D eigenvalue weighted by Crippen LogP contribution is -2.32. The molecule has 152 valence electrons. The van der Waals surface area contributed by atoms with Gasteiger partial charge in [-0.15, -0.1) is 0 Å². The molecule has 8 heteroatoms. The Hall–Kier alpha value is -3.71. The van der Waals surface area contributed by atoms with Gasteiger partial charge in [0.25, 0.3) is 0 Å². The van der Waals surface area contributed by atoms with E-state index < -0.39 is 17.6 Å². The number of nitrogens with one attached hydrogen (secondary N) is 2. The van der Waals surface area contributed by atoms with Crippen molar-refractivity contribution < 1.29 is 18.7 Å². The molecule has 0 aliphatic rings. The summed E-state index contributed by atoms with van der Waals surface area (Å²) in [5.41, 5.74) is 3.41. The SMILES string of the molecule is O=C(N/N=C\c1ccccc1OCc1ccccc1Cl)C(=O)Nc1ccccc1F. The number of benzene rings is 3. The van der Waals surface area contributed by atoms with Crippen molar-refractivity contribution >= 4 is 35.3 Å². The van der Waals surface area contributed by atoms with Gasteiger partial charge in [0.1, 0.15) is 18.2 Å². The van der Waals surface area contributed by atoms with E-state index in [0.29, 0.717) is 16.3 Å². The smallest absolute Gasteiger partial charge is 0.329 e. The fourth-order valence-corrected chi connectivity index (χ4v) is 2.63. The Labute approximate surface area is 177 Å². The zero-order valence-corrected chi connectivity index (χ0v) is 16.4. The molecular formula is C22H17ClFN3O3. The van der Waals surface area contributed by atoms with Gasteiger partial charge in [-0.05, 0) is 30.3 Å². The van der Waals surface area contributed by atoms with Crippen LogP contribution >= 0.6 is 11.6 Å². The summed E-state index contributed by atoms with van der Waals surface area (Å²) in [6.45, 7) is 0.252. The van der Waals surface area contributed by atoms with Crippen LogP contribution in [0.5, 0.6) is 5.75 Å². The van der Waals surface area contributed by atoms with E-state index in [1.165, 1.54) is 30.5 Å². The van der Waals surface area contributed by atoms with Gasteiger partial charge in [0.15, 0.2) is 0 Å². The van der Waals surface area contributed by atoms with E-state index in [-0.39, 0.29) is 12.3 Å². The molecule has 0 fully saturated rings. The fraction of sp³-hybridized carbons (Fsp3) is 0.0455. The summed E-state index contributed by atoms with van der Waals surface area (Å²) in [7, 11) is 0. The van der Waals surface area contributed by atoms with Crippen molar-refractivity contribution in [1.82, 2.24) is 5.43 Å². The Morgan fingerprint density at radius 1 is 0.967 bits per heavy atom. The Balaban J connectivity index is 1.59. The number of amides is 2. The van der Waals surface area contributed by atoms with Gasteiger partial charge in [0.2, 0.25) is 0 Å². The molecule has 0 saturated carbocycles. The molecule has 0 radical (unpaired) electrons. The maximum Gasteiger partial charge on any atom is 0.329 e. The molecule has 2 amide bonds. The Bertz CT molecular complexity index is 1090. The summed E-state index contributed by atoms with van der Waals surface area (Å²) in [6, 6.07) is 19.9. The predicted octanol–water partition coefficient (Wildman–Crippen LogP) is 4.15. The average molecular weight is 426 g/mol. The summed E-state index contributed by atoms with van der Waals surface area (Å²) in [4.78, 5) is 23.7. The van der Waals surface area contributed by atoms with Gasteiger partial charge in [-0.3, -0.25) is 9.59 Å². The van der Waals surface area contributed by atoms with E-state index in [1.54, 1.807) is 30.3 Å². The molecule has 6 nitrogen and oxygen atoms in total. The van der Waals surface area contributed by atoms with Crippen LogP contribution in [-0.2, 0) is 16.2 Å². The molecule has 3 aromatic carbocycles. The van der Waals surface area contributed by atoms with Gasteiger partial charge in [0.05, 0.1) is 11.9 Å². The van der Waals surface area contributed by atoms with Gasteiger partial charge < -0.3 is 10.1 Å². The zero-order valence-electron chi connectivity index (χ0n) is 15.6. The summed E-state index contributed by atoms with van der Waals surface area (Å²) in [5, 5.41) is 6.55. The number of ether oxygens (including phenoxy) is 1. The van der Waals surface area contributed by atoms with Gasteiger partial charge in [0, 0.05) is 16.1 Å². The van der Waals surface area contributed by atoms with Gasteiger partial charge in [-0.2, -0.15) is 5.10 Å². The molecule has 0 unspecified atom stereocenters. The van der Waals surface area contributed by atoms with Crippen molar-refractivity contribution in [1.29, 1.82) is 0 Å². The Kier molecular flexibility index (Phi) is 7.13. The van der Waals surface area contributed by atoms with Crippen LogP contribution in [0.1, 0.15) is 11.1 Å². The van der Waals surface area contributed by atoms with Crippen LogP contribution in [0.2, 0.25) is 5.02 Å². The fourth-order valence-electron chi connectivity index (χ4n) is 2.44. The number of nitrogens with zero attached hydrogens (tertiary/aromatic N) is 1. The molecule has 0 spiro atoms. The number of hydrogen-bond donors (Lipinski definition) is 2. The van der Waals surface area contributed by atoms with E-state index >= 15 is 0 Å². The van der Waals surface area contributed by atoms with Crippen molar-refractivity contribution in [2.75, 3.05) is 5.32 Å². The number of anilines is 1. The number of hydrazone groups is 1. The van der Waals surface area contributed by atoms with Gasteiger partial charge >= 0.3 is 11.8 Å². The van der Waals surface area contributed by atoms with E-state index in [1.807, 2.05) is 18.2 Å². The van der Waals surface area contributed by atoms with Crippen molar-refractivity contribution in [3.63, 3.8) is 0 Å². The summed E-state index contributed by atoms with van der Waals surface area (Å²) in [5.74, 6) is -2.21. The van der Waals surface area contributed by atoms with Crippen LogP contribution in [0.25, 0.3) is 0 Å². The van der Waals surface area contributed by atoms with E-state index in [2.05, 4.69) is 15.8 Å². The van der Waals surface area contributed by atoms with Gasteiger partial charge in [-0.25, -0.2) is 9.82 Å². The largest absolute Gasteiger partial charge is 0.488 e. The maximum atomic E-state index is 13.6. The standard InChI is InChI=1S/C22H17ClFN3O3/c23-17-9-3-1-8-16(17)14-30-20-12-6-2-7-15(20)13-25-27-22(29)21(28)26-19-11-5-4-10-18(19)24/h1-13H,14H2,(H,26,28)(H,27,29)/b25-13-. The lowest BCUT2D eigenvalue weighted by atomic mass is 10.2. The van der Waals surface area contributed by atoms with E-state index in [9.17, 15) is 14.0 Å². The second kappa shape index (κ2) is 10.2. The highest BCUT2D eigenvalue weighted by molar-refractivity contribution is 6.39. The highest BCUT2D eigenvalue weighted by atomic mass is 35.5. The first-order valence-electron chi connectivity index (χ1n) is 8.89. The number of halogens is 2. The van der Waals surface area contributed by atoms with Crippen LogP contribution in [0, 0.1) is 5.82 Å². The average Bonchev–Trinajstić information content (AvgIpc) is 2.75. The van der Waals surface area contributed by atoms with E-state index in [4.69, 9.17) is 16.3 Å². The van der Waals surface area contributed by atoms with Crippen molar-refractivity contribution in [3.8, 4) is 5.75 Å². The number of para-hydroxylation sites is 2. The second-order valence-corrected chi connectivity index (χ2v) is 6.46. The lowest BCUT2D eigenvalue weighted by Gasteiger charge is -2.10. The quantitative estimate of drug-likeness (QED) is 0.354. The molecule has 30 heavy (non-hydrogen) atoms. The molecular weight excluding hydrogens is 409 g/mol. The third-order valence-corrected chi connectivity index (χ3v) is 4.33. The monoisotopic (exact) mass is 425 g/mol. The van der Waals surface area contributed by atoms with Crippen molar-refractivity contribution in [3.05, 3.63) is 94.8 Å². The van der Waals surface area contributed by atoms with E-state index in [0.717, 1.165) is 5.56 Å². The van der Waals surface area contributed by atoms with Crippen LogP contribution < -0.4 is 15.5 Å². The minimum atomic E-state index is -1.04. The van der Waals surface area contributed by atoms with Crippen LogP contribution in [0.4, 0.5) is 10.1 Å². The normalized spacial score (nSPS) is 10.6. The lowest BCUT2D eigenvalue weighted by molar-refractivity contribution is -0.136. The van der Waals surface area contributed by atoms with Crippen LogP contribution in [0.3, 0.4) is 0 Å². The molecule has 3 rings (SSSR count). The molecule has 0 heterocycles. The highest BCUT2D eigenvalue weighted by Crippen LogP contribution is 2.21. The summed E-state index contributed by atoms with van der Waals surface area (Å²) < 4.78 is 19.3. The number of carbonyl (C=O) groups is 2. The maximum absolute atomic E-state index is 13.6. The molecule has 0 atom stereocenters. The topological polar surface area (TPSA) is 79.8 Å². The summed E-state index contributed by atoms with van der Waals surface area (Å²) in [6.07, 6.45) is 1.34. The Morgan fingerprint density at radius 2 is 1.67 bits per heavy atom. The number of rotatable bonds is 6. The summed E-state index contributed by atoms with van der Waals surface area (Å²) >= 11 is 6.13. The first-order valence-corrected chi connectivity index (χ1v) is 9.26. The number of hydrogen-bond acceptors (Lipinski definition) is 4. The van der Waals surface area contributed by atoms with Crippen LogP contribution in [0.15, 0.2) is 77.9 Å². The Morgan fingerprint density at radius 3 is 2.47 bits per heavy atom. The minimum absolute atomic E-state index is 0.0973. The highest BCUT2D eigenvalue weighted by Gasteiger charge is 2.14. The number of carbonyl (C=O) groups excluding carboxylic acids is 2. The molecule has 0 bridgehead atoms. The zero-order chi connectivity index (χ0) is 21.3. The third-order valence-electron chi connectivity index (χ3n) is 3.96. The van der Waals surface area contributed by atoms with Gasteiger partial charge in [-0.1, -0.05) is 54.1 Å².